The van der Waals surface area contributed by atoms with Gasteiger partial charge in [-0.05, 0) is 43.9 Å². The Morgan fingerprint density at radius 3 is 2.65 bits per heavy atom. The number of piperidine rings is 1. The Hall–Kier alpha value is -0.510. The number of nitrogens with one attached hydrogen (secondary N) is 1. The number of pyridine rings is 1. The number of fused-ring (bicyclic) bond motifs is 1. The zero-order valence-corrected chi connectivity index (χ0v) is 13.7. The third-order valence-electron chi connectivity index (χ3n) is 4.17. The molecule has 114 valence electrons. The third kappa shape index (κ3) is 3.78. The van der Waals surface area contributed by atoms with Gasteiger partial charge in [0.05, 0.1) is 5.69 Å². The Bertz CT molecular complexity index is 420. The van der Waals surface area contributed by atoms with E-state index in [4.69, 9.17) is 4.98 Å². The lowest BCUT2D eigenvalue weighted by Crippen LogP contribution is -2.30. The summed E-state index contributed by atoms with van der Waals surface area (Å²) in [5.41, 5.74) is 2.76. The van der Waals surface area contributed by atoms with Crippen molar-refractivity contribution in [2.45, 2.75) is 38.5 Å². The highest BCUT2D eigenvalue weighted by molar-refractivity contribution is 5.85. The Balaban J connectivity index is 0.000001000. The second-order valence-corrected chi connectivity index (χ2v) is 5.62. The maximum Gasteiger partial charge on any atom is 0.128 e. The van der Waals surface area contributed by atoms with Gasteiger partial charge in [0.2, 0.25) is 0 Å². The first-order valence-corrected chi connectivity index (χ1v) is 7.30. The molecule has 20 heavy (non-hydrogen) atoms. The predicted molar refractivity (Wildman–Crippen MR) is 89.8 cm³/mol. The third-order valence-corrected chi connectivity index (χ3v) is 4.17. The highest BCUT2D eigenvalue weighted by Gasteiger charge is 2.19. The maximum absolute atomic E-state index is 4.96. The lowest BCUT2D eigenvalue weighted by atomic mass is 10.0. The van der Waals surface area contributed by atoms with Crippen LogP contribution < -0.4 is 10.2 Å². The van der Waals surface area contributed by atoms with E-state index >= 15 is 0 Å². The summed E-state index contributed by atoms with van der Waals surface area (Å²) in [6.45, 7) is 6.78. The van der Waals surface area contributed by atoms with Gasteiger partial charge in [-0.15, -0.1) is 24.8 Å². The quantitative estimate of drug-likeness (QED) is 0.862. The minimum Gasteiger partial charge on any atom is -0.357 e. The summed E-state index contributed by atoms with van der Waals surface area (Å²) < 4.78 is 0. The van der Waals surface area contributed by atoms with Crippen LogP contribution in [0.5, 0.6) is 0 Å². The summed E-state index contributed by atoms with van der Waals surface area (Å²) in [6, 6.07) is 4.53. The van der Waals surface area contributed by atoms with E-state index < -0.39 is 0 Å². The summed E-state index contributed by atoms with van der Waals surface area (Å²) >= 11 is 0. The van der Waals surface area contributed by atoms with Gasteiger partial charge >= 0.3 is 0 Å². The molecule has 0 aliphatic carbocycles. The van der Waals surface area contributed by atoms with Gasteiger partial charge in [0, 0.05) is 25.6 Å². The molecule has 0 radical (unpaired) electrons. The van der Waals surface area contributed by atoms with Crippen molar-refractivity contribution in [3.05, 3.63) is 23.4 Å². The van der Waals surface area contributed by atoms with Crippen molar-refractivity contribution in [1.29, 1.82) is 0 Å². The molecule has 0 amide bonds. The topological polar surface area (TPSA) is 28.2 Å². The average Bonchev–Trinajstić information content (AvgIpc) is 2.62. The van der Waals surface area contributed by atoms with Gasteiger partial charge in [0.15, 0.2) is 0 Å². The molecule has 1 saturated heterocycles. The van der Waals surface area contributed by atoms with Crippen molar-refractivity contribution < 1.29 is 0 Å². The molecule has 1 N–H and O–H groups in total. The summed E-state index contributed by atoms with van der Waals surface area (Å²) in [5.74, 6) is 1.73. The molecular formula is C15H25Cl2N3. The Morgan fingerprint density at radius 1 is 1.15 bits per heavy atom. The van der Waals surface area contributed by atoms with E-state index in [-0.39, 0.29) is 24.8 Å². The van der Waals surface area contributed by atoms with Crippen LogP contribution in [0.25, 0.3) is 0 Å². The molecule has 0 aromatic carbocycles. The van der Waals surface area contributed by atoms with E-state index in [1.165, 1.54) is 49.4 Å². The molecule has 1 aromatic heterocycles. The predicted octanol–water partition coefficient (Wildman–Crippen LogP) is 3.16. The number of nitrogens with zero attached hydrogens (tertiary/aromatic N) is 2. The SMILES string of the molecule is CC1CNCCc2ccc(N3CCCCC3)nc21.Cl.Cl. The van der Waals surface area contributed by atoms with E-state index in [9.17, 15) is 0 Å². The molecule has 1 unspecified atom stereocenters. The zero-order chi connectivity index (χ0) is 12.4. The van der Waals surface area contributed by atoms with Crippen LogP contribution in [0.15, 0.2) is 12.1 Å². The average molecular weight is 318 g/mol. The Kier molecular flexibility index (Phi) is 7.07. The Morgan fingerprint density at radius 2 is 1.90 bits per heavy atom. The number of halogens is 2. The number of anilines is 1. The van der Waals surface area contributed by atoms with Crippen LogP contribution in [0.2, 0.25) is 0 Å². The number of hydrogen-bond acceptors (Lipinski definition) is 3. The van der Waals surface area contributed by atoms with Crippen LogP contribution in [0.3, 0.4) is 0 Å². The van der Waals surface area contributed by atoms with E-state index in [1.807, 2.05) is 0 Å². The summed E-state index contributed by atoms with van der Waals surface area (Å²) in [6.07, 6.45) is 5.13. The fraction of sp³-hybridized carbons (Fsp3) is 0.667. The summed E-state index contributed by atoms with van der Waals surface area (Å²) in [4.78, 5) is 7.42. The van der Waals surface area contributed by atoms with Crippen LogP contribution in [0.4, 0.5) is 5.82 Å². The zero-order valence-electron chi connectivity index (χ0n) is 12.1. The number of rotatable bonds is 1. The van der Waals surface area contributed by atoms with Gasteiger partial charge in [-0.3, -0.25) is 0 Å². The van der Waals surface area contributed by atoms with Crippen molar-refractivity contribution >= 4 is 30.6 Å². The van der Waals surface area contributed by atoms with Crippen LogP contribution in [0.1, 0.15) is 43.4 Å². The number of hydrogen-bond donors (Lipinski definition) is 1. The minimum absolute atomic E-state index is 0. The van der Waals surface area contributed by atoms with Crippen LogP contribution in [0, 0.1) is 0 Å². The monoisotopic (exact) mass is 317 g/mol. The van der Waals surface area contributed by atoms with Gasteiger partial charge in [0.1, 0.15) is 5.82 Å². The molecule has 2 aliphatic heterocycles. The molecule has 1 fully saturated rings. The first-order chi connectivity index (χ1) is 8.84. The fourth-order valence-corrected chi connectivity index (χ4v) is 3.07. The highest BCUT2D eigenvalue weighted by atomic mass is 35.5. The van der Waals surface area contributed by atoms with Crippen LogP contribution in [-0.2, 0) is 6.42 Å². The second-order valence-electron chi connectivity index (χ2n) is 5.62. The van der Waals surface area contributed by atoms with Crippen molar-refractivity contribution in [1.82, 2.24) is 10.3 Å². The largest absolute Gasteiger partial charge is 0.357 e. The first-order valence-electron chi connectivity index (χ1n) is 7.30. The first kappa shape index (κ1) is 17.5. The molecule has 0 spiro atoms. The van der Waals surface area contributed by atoms with Crippen LogP contribution >= 0.6 is 24.8 Å². The standard InChI is InChI=1S/C15H23N3.2ClH/c1-12-11-16-8-7-13-5-6-14(17-15(12)13)18-9-3-2-4-10-18;;/h5-6,12,16H,2-4,7-11H2,1H3;2*1H. The van der Waals surface area contributed by atoms with Gasteiger partial charge < -0.3 is 10.2 Å². The van der Waals surface area contributed by atoms with E-state index in [1.54, 1.807) is 0 Å². The lowest BCUT2D eigenvalue weighted by Gasteiger charge is -2.28. The van der Waals surface area contributed by atoms with E-state index in [0.717, 1.165) is 19.5 Å². The molecular weight excluding hydrogens is 293 g/mol. The highest BCUT2D eigenvalue weighted by Crippen LogP contribution is 2.25. The van der Waals surface area contributed by atoms with E-state index in [0.29, 0.717) is 5.92 Å². The van der Waals surface area contributed by atoms with Crippen molar-refractivity contribution in [3.63, 3.8) is 0 Å². The molecule has 3 rings (SSSR count). The maximum atomic E-state index is 4.96. The molecule has 1 atom stereocenters. The van der Waals surface area contributed by atoms with Crippen molar-refractivity contribution in [2.75, 3.05) is 31.1 Å². The van der Waals surface area contributed by atoms with E-state index in [2.05, 4.69) is 29.3 Å². The smallest absolute Gasteiger partial charge is 0.128 e. The Labute approximate surface area is 134 Å². The van der Waals surface area contributed by atoms with Gasteiger partial charge in [-0.2, -0.15) is 0 Å². The molecule has 0 bridgehead atoms. The number of aromatic nitrogens is 1. The molecule has 1 aromatic rings. The van der Waals surface area contributed by atoms with Gasteiger partial charge in [-0.1, -0.05) is 13.0 Å². The van der Waals surface area contributed by atoms with Crippen LogP contribution in [-0.4, -0.2) is 31.2 Å². The molecule has 5 heteroatoms. The molecule has 0 saturated carbocycles. The normalized spacial score (nSPS) is 22.1. The molecule has 3 nitrogen and oxygen atoms in total. The summed E-state index contributed by atoms with van der Waals surface area (Å²) in [7, 11) is 0. The van der Waals surface area contributed by atoms with Gasteiger partial charge in [-0.25, -0.2) is 4.98 Å². The van der Waals surface area contributed by atoms with Crippen molar-refractivity contribution in [3.8, 4) is 0 Å². The van der Waals surface area contributed by atoms with Gasteiger partial charge in [0.25, 0.3) is 0 Å². The van der Waals surface area contributed by atoms with Crippen molar-refractivity contribution in [2.24, 2.45) is 0 Å². The molecule has 3 heterocycles. The second kappa shape index (κ2) is 8.06. The summed E-state index contributed by atoms with van der Waals surface area (Å²) in [5, 5.41) is 3.49. The minimum atomic E-state index is 0. The molecule has 2 aliphatic rings. The fourth-order valence-electron chi connectivity index (χ4n) is 3.07. The lowest BCUT2D eigenvalue weighted by molar-refractivity contribution is 0.571.